The second-order valence-electron chi connectivity index (χ2n) is 11.0. The summed E-state index contributed by atoms with van der Waals surface area (Å²) in [4.78, 5) is 48.5. The number of aliphatic hydroxyl groups excluding tert-OH is 1. The summed E-state index contributed by atoms with van der Waals surface area (Å²) < 4.78 is 4.36. The molecule has 9 heteroatoms. The number of benzene rings is 2. The Morgan fingerprint density at radius 3 is 2.44 bits per heavy atom. The van der Waals surface area contributed by atoms with E-state index in [1.807, 2.05) is 84.6 Å². The van der Waals surface area contributed by atoms with Crippen LogP contribution in [0.1, 0.15) is 24.9 Å². The third-order valence-corrected chi connectivity index (χ3v) is 10.5. The number of ether oxygens (including phenoxy) is 1. The van der Waals surface area contributed by atoms with Crippen LogP contribution < -0.4 is 9.64 Å². The highest BCUT2D eigenvalue weighted by molar-refractivity contribution is 8.02. The summed E-state index contributed by atoms with van der Waals surface area (Å²) in [5, 5.41) is 10.5. The van der Waals surface area contributed by atoms with E-state index in [1.54, 1.807) is 28.7 Å². The molecule has 2 aromatic rings. The van der Waals surface area contributed by atoms with Crippen LogP contribution in [-0.4, -0.2) is 82.0 Å². The zero-order valence-corrected chi connectivity index (χ0v) is 24.1. The number of aliphatic hydroxyl groups is 1. The van der Waals surface area contributed by atoms with Crippen molar-refractivity contribution in [2.24, 2.45) is 11.8 Å². The summed E-state index contributed by atoms with van der Waals surface area (Å²) in [6, 6.07) is 15.0. The first-order chi connectivity index (χ1) is 19.9. The average molecular weight is 574 g/mol. The van der Waals surface area contributed by atoms with Crippen molar-refractivity contribution in [1.82, 2.24) is 9.80 Å². The Balaban J connectivity index is 1.49. The number of nitrogens with zero attached hydrogens (tertiary/aromatic N) is 3. The number of amides is 3. The van der Waals surface area contributed by atoms with Gasteiger partial charge in [0.25, 0.3) is 5.91 Å². The molecule has 0 aromatic heterocycles. The minimum Gasteiger partial charge on any atom is -0.497 e. The lowest BCUT2D eigenvalue weighted by molar-refractivity contribution is -0.144. The lowest BCUT2D eigenvalue weighted by Crippen LogP contribution is -2.54. The van der Waals surface area contributed by atoms with Gasteiger partial charge in [0.2, 0.25) is 11.8 Å². The van der Waals surface area contributed by atoms with Gasteiger partial charge in [-0.25, -0.2) is 0 Å². The Morgan fingerprint density at radius 1 is 1.00 bits per heavy atom. The lowest BCUT2D eigenvalue weighted by Gasteiger charge is -2.38. The van der Waals surface area contributed by atoms with Crippen molar-refractivity contribution in [3.8, 4) is 5.75 Å². The van der Waals surface area contributed by atoms with E-state index in [1.165, 1.54) is 0 Å². The van der Waals surface area contributed by atoms with Gasteiger partial charge in [-0.15, -0.1) is 11.8 Å². The fraction of sp³-hybridized carbons (Fsp3) is 0.406. The molecule has 0 aliphatic carbocycles. The molecular weight excluding hydrogens is 538 g/mol. The fourth-order valence-corrected chi connectivity index (χ4v) is 8.95. The predicted octanol–water partition coefficient (Wildman–Crippen LogP) is 3.44. The number of hydrogen-bond acceptors (Lipinski definition) is 6. The fourth-order valence-electron chi connectivity index (χ4n) is 6.96. The van der Waals surface area contributed by atoms with E-state index in [0.29, 0.717) is 31.1 Å². The lowest BCUT2D eigenvalue weighted by atomic mass is 9.78. The van der Waals surface area contributed by atoms with E-state index in [-0.39, 0.29) is 29.6 Å². The second kappa shape index (κ2) is 11.0. The molecule has 4 aliphatic heterocycles. The van der Waals surface area contributed by atoms with E-state index >= 15 is 0 Å². The number of carbonyl (C=O) groups is 3. The molecule has 0 radical (unpaired) electrons. The number of methoxy groups -OCH3 is 1. The van der Waals surface area contributed by atoms with Gasteiger partial charge in [0.1, 0.15) is 11.8 Å². The van der Waals surface area contributed by atoms with E-state index in [0.717, 1.165) is 12.0 Å². The summed E-state index contributed by atoms with van der Waals surface area (Å²) >= 11 is 1.55. The maximum Gasteiger partial charge on any atom is 0.251 e. The Hall–Kier alpha value is -3.56. The van der Waals surface area contributed by atoms with Crippen LogP contribution in [0.3, 0.4) is 0 Å². The van der Waals surface area contributed by atoms with Gasteiger partial charge in [-0.3, -0.25) is 14.4 Å². The molecule has 2 fully saturated rings. The zero-order chi connectivity index (χ0) is 28.7. The third kappa shape index (κ3) is 4.37. The third-order valence-electron chi connectivity index (χ3n) is 8.75. The van der Waals surface area contributed by atoms with Crippen LogP contribution in [0, 0.1) is 11.8 Å². The van der Waals surface area contributed by atoms with Crippen molar-refractivity contribution in [2.45, 2.75) is 35.4 Å². The molecule has 1 unspecified atom stereocenters. The molecule has 3 amide bonds. The molecule has 6 rings (SSSR count). The van der Waals surface area contributed by atoms with Crippen molar-refractivity contribution < 1.29 is 24.2 Å². The van der Waals surface area contributed by atoms with Crippen molar-refractivity contribution in [2.75, 3.05) is 38.3 Å². The van der Waals surface area contributed by atoms with Gasteiger partial charge >= 0.3 is 0 Å². The summed E-state index contributed by atoms with van der Waals surface area (Å²) in [5.74, 6) is -1.17. The number of fused-ring (bicyclic) bond motifs is 2. The molecule has 4 heterocycles. The van der Waals surface area contributed by atoms with Crippen LogP contribution in [0.15, 0.2) is 78.9 Å². The van der Waals surface area contributed by atoms with E-state index < -0.39 is 28.7 Å². The van der Waals surface area contributed by atoms with Crippen LogP contribution >= 0.6 is 11.8 Å². The van der Waals surface area contributed by atoms with Gasteiger partial charge in [0.15, 0.2) is 0 Å². The number of carbonyl (C=O) groups excluding carboxylic acids is 3. The first kappa shape index (κ1) is 27.6. The zero-order valence-electron chi connectivity index (χ0n) is 23.3. The van der Waals surface area contributed by atoms with E-state index in [4.69, 9.17) is 4.74 Å². The van der Waals surface area contributed by atoms with Crippen molar-refractivity contribution in [3.05, 3.63) is 84.5 Å². The van der Waals surface area contributed by atoms with Gasteiger partial charge < -0.3 is 24.5 Å². The van der Waals surface area contributed by atoms with Gasteiger partial charge in [0.05, 0.1) is 36.3 Å². The first-order valence-electron chi connectivity index (χ1n) is 14.2. The Morgan fingerprint density at radius 2 is 1.76 bits per heavy atom. The standard InChI is InChI=1S/C32H35N3O5S/c1-3-17-33-18-7-11-25-26(29(33)37)27-30(38)35(24(20-36)21-9-5-4-6-10-21)28-31(39)34(19-8-16-32(27,28)41-25)22-12-14-23(40-2)15-13-22/h4-16,24-28,36H,3,17-20H2,1-2H3/t24-,25-,26+,27+,28?,32+/m1/s1. The van der Waals surface area contributed by atoms with Crippen molar-refractivity contribution in [1.29, 1.82) is 0 Å². The highest BCUT2D eigenvalue weighted by Crippen LogP contribution is 2.62. The maximum absolute atomic E-state index is 14.7. The molecule has 1 spiro atoms. The smallest absolute Gasteiger partial charge is 0.251 e. The Kier molecular flexibility index (Phi) is 7.42. The quantitative estimate of drug-likeness (QED) is 0.511. The number of rotatable bonds is 7. The summed E-state index contributed by atoms with van der Waals surface area (Å²) in [6.45, 7) is 3.15. The Labute approximate surface area is 244 Å². The molecule has 1 N–H and O–H groups in total. The van der Waals surface area contributed by atoms with E-state index in [2.05, 4.69) is 6.08 Å². The van der Waals surface area contributed by atoms with E-state index in [9.17, 15) is 19.5 Å². The second-order valence-corrected chi connectivity index (χ2v) is 12.4. The predicted molar refractivity (Wildman–Crippen MR) is 158 cm³/mol. The molecule has 8 nitrogen and oxygen atoms in total. The first-order valence-corrected chi connectivity index (χ1v) is 15.1. The van der Waals surface area contributed by atoms with Crippen LogP contribution in [-0.2, 0) is 14.4 Å². The molecular formula is C32H35N3O5S. The molecule has 2 aromatic carbocycles. The molecule has 6 atom stereocenters. The number of hydrogen-bond donors (Lipinski definition) is 1. The van der Waals surface area contributed by atoms with Gasteiger partial charge in [0, 0.05) is 30.6 Å². The number of thioether (sulfide) groups is 1. The molecule has 0 saturated carbocycles. The maximum atomic E-state index is 14.7. The van der Waals surface area contributed by atoms with Crippen LogP contribution in [0.2, 0.25) is 0 Å². The van der Waals surface area contributed by atoms with Gasteiger partial charge in [-0.2, -0.15) is 0 Å². The molecule has 41 heavy (non-hydrogen) atoms. The molecule has 4 aliphatic rings. The van der Waals surface area contributed by atoms with Gasteiger partial charge in [-0.05, 0) is 36.2 Å². The minimum absolute atomic E-state index is 0.0393. The van der Waals surface area contributed by atoms with Crippen LogP contribution in [0.25, 0.3) is 0 Å². The largest absolute Gasteiger partial charge is 0.497 e. The van der Waals surface area contributed by atoms with Gasteiger partial charge in [-0.1, -0.05) is 61.6 Å². The molecule has 214 valence electrons. The average Bonchev–Trinajstić information content (AvgIpc) is 3.31. The topological polar surface area (TPSA) is 90.4 Å². The number of anilines is 1. The monoisotopic (exact) mass is 573 g/mol. The highest BCUT2D eigenvalue weighted by Gasteiger charge is 2.71. The minimum atomic E-state index is -0.956. The summed E-state index contributed by atoms with van der Waals surface area (Å²) in [5.41, 5.74) is 1.44. The number of likely N-dealkylation sites (tertiary alicyclic amines) is 1. The van der Waals surface area contributed by atoms with Crippen molar-refractivity contribution >= 4 is 35.2 Å². The molecule has 2 saturated heterocycles. The molecule has 0 bridgehead atoms. The normalized spacial score (nSPS) is 29.6. The Bertz CT molecular complexity index is 1380. The van der Waals surface area contributed by atoms with Crippen LogP contribution in [0.5, 0.6) is 5.75 Å². The summed E-state index contributed by atoms with van der Waals surface area (Å²) in [6.07, 6.45) is 8.85. The highest BCUT2D eigenvalue weighted by atomic mass is 32.2. The summed E-state index contributed by atoms with van der Waals surface area (Å²) in [7, 11) is 1.59. The van der Waals surface area contributed by atoms with Crippen LogP contribution in [0.4, 0.5) is 5.69 Å². The SMILES string of the molecule is CCCN1CC=C[C@H]2S[C@]34C=CCN(c5ccc(OC)cc5)C(=O)C3N([C@H](CO)c3ccccc3)C(=O)[C@@H]4[C@H]2C1=O. The van der Waals surface area contributed by atoms with Crippen molar-refractivity contribution in [3.63, 3.8) is 0 Å².